The van der Waals surface area contributed by atoms with Crippen molar-refractivity contribution in [2.45, 2.75) is 70.6 Å². The second-order valence-electron chi connectivity index (χ2n) is 10.1. The number of hydrogen-bond donors (Lipinski definition) is 1. The van der Waals surface area contributed by atoms with Crippen molar-refractivity contribution in [2.75, 3.05) is 0 Å². The summed E-state index contributed by atoms with van der Waals surface area (Å²) in [7, 11) is -3.63. The monoisotopic (exact) mass is 463 g/mol. The molecule has 0 radical (unpaired) electrons. The van der Waals surface area contributed by atoms with Crippen LogP contribution in [0.1, 0.15) is 40.2 Å². The summed E-state index contributed by atoms with van der Waals surface area (Å²) in [4.78, 5) is 26.9. The molecule has 5 atom stereocenters. The highest BCUT2D eigenvalue weighted by atomic mass is 32.2. The molecule has 170 valence electrons. The van der Waals surface area contributed by atoms with Crippen molar-refractivity contribution < 1.29 is 23.3 Å². The zero-order chi connectivity index (χ0) is 23.3. The lowest BCUT2D eigenvalue weighted by atomic mass is 9.79. The molecule has 1 unspecified atom stereocenters. The van der Waals surface area contributed by atoms with Gasteiger partial charge in [-0.1, -0.05) is 58.0 Å². The molecule has 1 fully saturated rings. The summed E-state index contributed by atoms with van der Waals surface area (Å²) in [5, 5.41) is 9.87. The molecule has 2 aliphatic heterocycles. The molecule has 1 saturated heterocycles. The van der Waals surface area contributed by atoms with Gasteiger partial charge in [0.25, 0.3) is 0 Å². The summed E-state index contributed by atoms with van der Waals surface area (Å²) in [5.41, 5.74) is 0.768. The molecule has 8 heteroatoms. The van der Waals surface area contributed by atoms with Crippen LogP contribution in [0.5, 0.6) is 0 Å². The number of rotatable bonds is 7. The number of fused-ring (bicyclic) bond motifs is 1. The number of β-lactam (4-membered cyclic amide) rings is 1. The summed E-state index contributed by atoms with van der Waals surface area (Å²) < 4.78 is 19.7. The molecular formula is C23H33NO5SSi. The first-order valence-corrected chi connectivity index (χ1v) is 14.9. The predicted octanol–water partition coefficient (Wildman–Crippen LogP) is 4.12. The second-order valence-corrected chi connectivity index (χ2v) is 16.3. The highest BCUT2D eigenvalue weighted by Gasteiger charge is 2.61. The number of hydrogen-bond acceptors (Lipinski definition) is 4. The van der Waals surface area contributed by atoms with Gasteiger partial charge in [-0.25, -0.2) is 4.79 Å². The summed E-state index contributed by atoms with van der Waals surface area (Å²) in [5.74, 6) is -1.94. The third-order valence-electron chi connectivity index (χ3n) is 6.97. The van der Waals surface area contributed by atoms with Crippen LogP contribution in [-0.4, -0.2) is 46.6 Å². The summed E-state index contributed by atoms with van der Waals surface area (Å²) >= 11 is 0. The Morgan fingerprint density at radius 3 is 2.35 bits per heavy atom. The molecule has 0 aliphatic carbocycles. The van der Waals surface area contributed by atoms with Gasteiger partial charge in [0.15, 0.2) is 8.32 Å². The van der Waals surface area contributed by atoms with E-state index in [9.17, 15) is 18.9 Å². The Kier molecular flexibility index (Phi) is 6.39. The van der Waals surface area contributed by atoms with Crippen LogP contribution in [0.4, 0.5) is 0 Å². The lowest BCUT2D eigenvalue weighted by Crippen LogP contribution is -2.65. The van der Waals surface area contributed by atoms with Crippen LogP contribution < -0.4 is 0 Å². The molecule has 0 aromatic heterocycles. The van der Waals surface area contributed by atoms with Crippen LogP contribution >= 0.6 is 0 Å². The molecule has 0 saturated carbocycles. The Morgan fingerprint density at radius 2 is 1.84 bits per heavy atom. The molecule has 1 aromatic rings. The van der Waals surface area contributed by atoms with Crippen LogP contribution in [0.25, 0.3) is 0 Å². The van der Waals surface area contributed by atoms with Crippen molar-refractivity contribution in [3.8, 4) is 0 Å². The minimum Gasteiger partial charge on any atom is -0.477 e. The third-order valence-corrected chi connectivity index (χ3v) is 13.2. The standard InChI is InChI=1S/C23H33NO5SSi/c1-14-18-17(15(2)29-31(6,7)23(3,4)5)21(25)24(18)19(22(26)27)20(14)30(28)13-16-11-9-8-10-12-16/h8-12,14-15,17-18H,13H2,1-7H3,(H,26,27)/t14-,15-,17-,18-,30?/m1/s1. The lowest BCUT2D eigenvalue weighted by Gasteiger charge is -2.50. The van der Waals surface area contributed by atoms with Crippen molar-refractivity contribution in [1.82, 2.24) is 4.90 Å². The van der Waals surface area contributed by atoms with E-state index >= 15 is 0 Å². The number of benzene rings is 1. The highest BCUT2D eigenvalue weighted by Crippen LogP contribution is 2.50. The topological polar surface area (TPSA) is 83.9 Å². The molecule has 0 bridgehead atoms. The first kappa shape index (κ1) is 23.9. The second kappa shape index (κ2) is 8.29. The van der Waals surface area contributed by atoms with Crippen molar-refractivity contribution in [2.24, 2.45) is 11.8 Å². The maximum atomic E-state index is 13.2. The zero-order valence-corrected chi connectivity index (χ0v) is 21.2. The summed E-state index contributed by atoms with van der Waals surface area (Å²) in [6.45, 7) is 14.5. The van der Waals surface area contributed by atoms with Crippen LogP contribution in [0.15, 0.2) is 40.9 Å². The molecule has 1 aromatic carbocycles. The van der Waals surface area contributed by atoms with Crippen LogP contribution in [0.3, 0.4) is 0 Å². The average molecular weight is 464 g/mol. The average Bonchev–Trinajstić information content (AvgIpc) is 2.90. The molecular weight excluding hydrogens is 430 g/mol. The number of carboxylic acids is 1. The van der Waals surface area contributed by atoms with Gasteiger partial charge in [0.05, 0.1) is 39.5 Å². The maximum absolute atomic E-state index is 13.2. The van der Waals surface area contributed by atoms with E-state index in [1.165, 1.54) is 4.90 Å². The maximum Gasteiger partial charge on any atom is 0.353 e. The molecule has 31 heavy (non-hydrogen) atoms. The van der Waals surface area contributed by atoms with Crippen LogP contribution in [0, 0.1) is 11.8 Å². The molecule has 0 spiro atoms. The molecule has 6 nitrogen and oxygen atoms in total. The van der Waals surface area contributed by atoms with E-state index in [-0.39, 0.29) is 40.5 Å². The van der Waals surface area contributed by atoms with E-state index in [1.54, 1.807) is 0 Å². The van der Waals surface area contributed by atoms with Gasteiger partial charge in [0.1, 0.15) is 5.70 Å². The van der Waals surface area contributed by atoms with Gasteiger partial charge >= 0.3 is 5.97 Å². The van der Waals surface area contributed by atoms with E-state index in [4.69, 9.17) is 4.43 Å². The minimum absolute atomic E-state index is 0.00183. The number of nitrogens with zero attached hydrogens (tertiary/aromatic N) is 1. The molecule has 1 amide bonds. The first-order chi connectivity index (χ1) is 14.3. The number of amides is 1. The van der Waals surface area contributed by atoms with Crippen molar-refractivity contribution in [3.63, 3.8) is 0 Å². The Morgan fingerprint density at radius 1 is 1.26 bits per heavy atom. The molecule has 1 N–H and O–H groups in total. The zero-order valence-electron chi connectivity index (χ0n) is 19.3. The smallest absolute Gasteiger partial charge is 0.353 e. The van der Waals surface area contributed by atoms with Gasteiger partial charge in [-0.2, -0.15) is 0 Å². The van der Waals surface area contributed by atoms with E-state index in [2.05, 4.69) is 33.9 Å². The fourth-order valence-electron chi connectivity index (χ4n) is 4.34. The number of carbonyl (C=O) groups is 2. The molecule has 3 rings (SSSR count). The SMILES string of the molecule is C[C@@H](O[Si](C)(C)C(C)(C)C)[C@H]1C(=O)N2C(C(=O)O)=C(S(=O)Cc3ccccc3)[C@H](C)[C@H]12. The van der Waals surface area contributed by atoms with Crippen molar-refractivity contribution in [3.05, 3.63) is 46.5 Å². The quantitative estimate of drug-likeness (QED) is 0.486. The predicted molar refractivity (Wildman–Crippen MR) is 124 cm³/mol. The fourth-order valence-corrected chi connectivity index (χ4v) is 7.37. The highest BCUT2D eigenvalue weighted by molar-refractivity contribution is 7.88. The van der Waals surface area contributed by atoms with Crippen molar-refractivity contribution in [1.29, 1.82) is 0 Å². The van der Waals surface area contributed by atoms with E-state index in [0.29, 0.717) is 4.91 Å². The van der Waals surface area contributed by atoms with Gasteiger partial charge in [-0.3, -0.25) is 9.00 Å². The lowest BCUT2D eigenvalue weighted by molar-refractivity contribution is -0.162. The van der Waals surface area contributed by atoms with Gasteiger partial charge < -0.3 is 14.4 Å². The fraction of sp³-hybridized carbons (Fsp3) is 0.565. The van der Waals surface area contributed by atoms with Gasteiger partial charge in [-0.15, -0.1) is 0 Å². The van der Waals surface area contributed by atoms with Gasteiger partial charge in [-0.05, 0) is 30.6 Å². The number of carboxylic acid groups (broad SMARTS) is 1. The molecule has 2 heterocycles. The van der Waals surface area contributed by atoms with E-state index in [1.807, 2.05) is 44.2 Å². The Balaban J connectivity index is 1.87. The Bertz CT molecular complexity index is 937. The van der Waals surface area contributed by atoms with E-state index < -0.39 is 31.0 Å². The summed E-state index contributed by atoms with van der Waals surface area (Å²) in [6, 6.07) is 9.03. The van der Waals surface area contributed by atoms with Gasteiger partial charge in [0, 0.05) is 5.92 Å². The number of aliphatic carboxylic acids is 1. The Hall–Kier alpha value is -1.77. The Labute approximate surface area is 188 Å². The number of carbonyl (C=O) groups excluding carboxylic acids is 1. The normalized spacial score (nSPS) is 25.8. The summed E-state index contributed by atoms with van der Waals surface area (Å²) in [6.07, 6.45) is -0.325. The van der Waals surface area contributed by atoms with E-state index in [0.717, 1.165) is 5.56 Å². The van der Waals surface area contributed by atoms with Crippen molar-refractivity contribution >= 4 is 31.0 Å². The van der Waals surface area contributed by atoms with Gasteiger partial charge in [0.2, 0.25) is 5.91 Å². The van der Waals surface area contributed by atoms with Crippen LogP contribution in [0.2, 0.25) is 18.1 Å². The largest absolute Gasteiger partial charge is 0.477 e. The van der Waals surface area contributed by atoms with Crippen LogP contribution in [-0.2, 0) is 30.6 Å². The molecule has 2 aliphatic rings. The minimum atomic E-state index is -2.10. The third kappa shape index (κ3) is 4.17. The first-order valence-electron chi connectivity index (χ1n) is 10.7.